The summed E-state index contributed by atoms with van der Waals surface area (Å²) in [6, 6.07) is 11.1. The quantitative estimate of drug-likeness (QED) is 0.633. The Morgan fingerprint density at radius 3 is 2.67 bits per heavy atom. The molecule has 0 aliphatic rings. The molecule has 0 spiro atoms. The summed E-state index contributed by atoms with van der Waals surface area (Å²) < 4.78 is 5.28. The number of hydrogen-bond donors (Lipinski definition) is 1. The highest BCUT2D eigenvalue weighted by atomic mass is 79.9. The van der Waals surface area contributed by atoms with Crippen molar-refractivity contribution in [1.82, 2.24) is 0 Å². The van der Waals surface area contributed by atoms with Crippen LogP contribution in [0.2, 0.25) is 0 Å². The fourth-order valence-electron chi connectivity index (χ4n) is 1.39. The second-order valence-corrected chi connectivity index (χ2v) is 3.76. The van der Waals surface area contributed by atoms with Gasteiger partial charge < -0.3 is 9.84 Å². The molecular formula is C11H7BrO3. The molecule has 0 fully saturated rings. The lowest BCUT2D eigenvalue weighted by atomic mass is 10.1. The van der Waals surface area contributed by atoms with Crippen LogP contribution >= 0.6 is 15.9 Å². The third kappa shape index (κ3) is 1.94. The number of halogens is 1. The maximum Gasteiger partial charge on any atom is 0.511 e. The van der Waals surface area contributed by atoms with E-state index in [1.54, 1.807) is 6.07 Å². The van der Waals surface area contributed by atoms with E-state index >= 15 is 0 Å². The van der Waals surface area contributed by atoms with Gasteiger partial charge >= 0.3 is 6.16 Å². The number of benzene rings is 2. The van der Waals surface area contributed by atoms with Gasteiger partial charge in [0, 0.05) is 0 Å². The van der Waals surface area contributed by atoms with Crippen molar-refractivity contribution in [1.29, 1.82) is 0 Å². The molecular weight excluding hydrogens is 260 g/mol. The Kier molecular flexibility index (Phi) is 2.60. The van der Waals surface area contributed by atoms with E-state index in [0.29, 0.717) is 10.2 Å². The highest BCUT2D eigenvalue weighted by Crippen LogP contribution is 2.32. The van der Waals surface area contributed by atoms with E-state index in [9.17, 15) is 4.79 Å². The number of ether oxygens (including phenoxy) is 1. The minimum absolute atomic E-state index is 0.307. The van der Waals surface area contributed by atoms with Crippen molar-refractivity contribution in [3.05, 3.63) is 40.9 Å². The van der Waals surface area contributed by atoms with Crippen LogP contribution in [0.4, 0.5) is 4.79 Å². The molecule has 0 atom stereocenters. The van der Waals surface area contributed by atoms with Gasteiger partial charge in [-0.25, -0.2) is 4.79 Å². The van der Waals surface area contributed by atoms with Gasteiger partial charge in [-0.2, -0.15) is 0 Å². The molecule has 15 heavy (non-hydrogen) atoms. The minimum atomic E-state index is -1.31. The first-order valence-corrected chi connectivity index (χ1v) is 5.06. The zero-order valence-electron chi connectivity index (χ0n) is 7.61. The molecule has 2 rings (SSSR count). The van der Waals surface area contributed by atoms with Gasteiger partial charge in [-0.3, -0.25) is 0 Å². The predicted molar refractivity (Wildman–Crippen MR) is 60.3 cm³/mol. The van der Waals surface area contributed by atoms with Crippen LogP contribution in [0.1, 0.15) is 0 Å². The smallest absolute Gasteiger partial charge is 0.449 e. The second kappa shape index (κ2) is 3.90. The summed E-state index contributed by atoms with van der Waals surface area (Å²) in [5.41, 5.74) is 0. The molecule has 0 saturated carbocycles. The highest BCUT2D eigenvalue weighted by Gasteiger charge is 2.08. The average molecular weight is 267 g/mol. The van der Waals surface area contributed by atoms with Crippen LogP contribution in [-0.4, -0.2) is 11.3 Å². The van der Waals surface area contributed by atoms with Crippen molar-refractivity contribution >= 4 is 32.9 Å². The van der Waals surface area contributed by atoms with E-state index in [4.69, 9.17) is 5.11 Å². The maximum absolute atomic E-state index is 10.4. The Bertz CT molecular complexity index is 522. The van der Waals surface area contributed by atoms with Gasteiger partial charge in [0.05, 0.1) is 4.47 Å². The fraction of sp³-hybridized carbons (Fsp3) is 0. The first kappa shape index (κ1) is 9.98. The molecule has 1 N–H and O–H groups in total. The molecule has 0 aliphatic heterocycles. The molecule has 0 heterocycles. The van der Waals surface area contributed by atoms with E-state index < -0.39 is 6.16 Å². The molecule has 0 radical (unpaired) electrons. The van der Waals surface area contributed by atoms with Gasteiger partial charge in [-0.05, 0) is 32.8 Å². The standard InChI is InChI=1S/C11H7BrO3/c12-10-8-4-2-1-3-7(8)5-6-9(10)15-11(13)14/h1-6H,(H,13,14). The van der Waals surface area contributed by atoms with Crippen LogP contribution in [0.25, 0.3) is 10.8 Å². The van der Waals surface area contributed by atoms with Crippen LogP contribution < -0.4 is 4.74 Å². The maximum atomic E-state index is 10.4. The van der Waals surface area contributed by atoms with Gasteiger partial charge in [-0.1, -0.05) is 30.3 Å². The molecule has 2 aromatic carbocycles. The molecule has 3 nitrogen and oxygen atoms in total. The summed E-state index contributed by atoms with van der Waals surface area (Å²) in [7, 11) is 0. The van der Waals surface area contributed by atoms with E-state index in [2.05, 4.69) is 20.7 Å². The predicted octanol–water partition coefficient (Wildman–Crippen LogP) is 3.66. The summed E-state index contributed by atoms with van der Waals surface area (Å²) in [4.78, 5) is 10.4. The van der Waals surface area contributed by atoms with Gasteiger partial charge in [0.1, 0.15) is 5.75 Å². The Balaban J connectivity index is 2.59. The highest BCUT2D eigenvalue weighted by molar-refractivity contribution is 9.10. The van der Waals surface area contributed by atoms with E-state index in [1.165, 1.54) is 0 Å². The Hall–Kier alpha value is -1.55. The molecule has 76 valence electrons. The van der Waals surface area contributed by atoms with E-state index in [1.807, 2.05) is 30.3 Å². The van der Waals surface area contributed by atoms with Gasteiger partial charge in [-0.15, -0.1) is 0 Å². The zero-order valence-corrected chi connectivity index (χ0v) is 9.19. The summed E-state index contributed by atoms with van der Waals surface area (Å²) in [5.74, 6) is 0.307. The lowest BCUT2D eigenvalue weighted by Crippen LogP contribution is -2.03. The zero-order chi connectivity index (χ0) is 10.8. The topological polar surface area (TPSA) is 46.5 Å². The monoisotopic (exact) mass is 266 g/mol. The van der Waals surface area contributed by atoms with Gasteiger partial charge in [0.2, 0.25) is 0 Å². The fourth-order valence-corrected chi connectivity index (χ4v) is 1.96. The van der Waals surface area contributed by atoms with Crippen molar-refractivity contribution < 1.29 is 14.6 Å². The number of fused-ring (bicyclic) bond motifs is 1. The van der Waals surface area contributed by atoms with Gasteiger partial charge in [0.25, 0.3) is 0 Å². The molecule has 0 bridgehead atoms. The minimum Gasteiger partial charge on any atom is -0.449 e. The molecule has 0 saturated heterocycles. The summed E-state index contributed by atoms with van der Waals surface area (Å²) in [6.45, 7) is 0. The van der Waals surface area contributed by atoms with Crippen molar-refractivity contribution in [3.63, 3.8) is 0 Å². The summed E-state index contributed by atoms with van der Waals surface area (Å²) in [6.07, 6.45) is -1.31. The number of carbonyl (C=O) groups is 1. The van der Waals surface area contributed by atoms with Gasteiger partial charge in [0.15, 0.2) is 0 Å². The van der Waals surface area contributed by atoms with E-state index in [-0.39, 0.29) is 0 Å². The SMILES string of the molecule is O=C(O)Oc1ccc2ccccc2c1Br. The second-order valence-electron chi connectivity index (χ2n) is 2.97. The third-order valence-electron chi connectivity index (χ3n) is 2.03. The third-order valence-corrected chi connectivity index (χ3v) is 2.84. The molecule has 0 aliphatic carbocycles. The first-order chi connectivity index (χ1) is 7.18. The largest absolute Gasteiger partial charge is 0.511 e. The Morgan fingerprint density at radius 1 is 1.20 bits per heavy atom. The van der Waals surface area contributed by atoms with Crippen LogP contribution in [0.15, 0.2) is 40.9 Å². The number of rotatable bonds is 1. The number of carboxylic acid groups (broad SMARTS) is 1. The molecule has 0 unspecified atom stereocenters. The lowest BCUT2D eigenvalue weighted by molar-refractivity contribution is 0.144. The first-order valence-electron chi connectivity index (χ1n) is 4.26. The average Bonchev–Trinajstić information content (AvgIpc) is 2.22. The van der Waals surface area contributed by atoms with Crippen LogP contribution in [0.5, 0.6) is 5.75 Å². The lowest BCUT2D eigenvalue weighted by Gasteiger charge is -2.05. The Labute approximate surface area is 94.4 Å². The molecule has 4 heteroatoms. The van der Waals surface area contributed by atoms with Crippen LogP contribution in [0, 0.1) is 0 Å². The molecule has 0 aromatic heterocycles. The number of hydrogen-bond acceptors (Lipinski definition) is 2. The molecule has 0 amide bonds. The van der Waals surface area contributed by atoms with Crippen LogP contribution in [-0.2, 0) is 0 Å². The Morgan fingerprint density at radius 2 is 1.93 bits per heavy atom. The molecule has 2 aromatic rings. The van der Waals surface area contributed by atoms with Crippen molar-refractivity contribution in [2.24, 2.45) is 0 Å². The summed E-state index contributed by atoms with van der Waals surface area (Å²) in [5, 5.41) is 10.5. The summed E-state index contributed by atoms with van der Waals surface area (Å²) >= 11 is 3.32. The van der Waals surface area contributed by atoms with Crippen molar-refractivity contribution in [2.75, 3.05) is 0 Å². The van der Waals surface area contributed by atoms with Crippen molar-refractivity contribution in [3.8, 4) is 5.75 Å². The van der Waals surface area contributed by atoms with Crippen molar-refractivity contribution in [2.45, 2.75) is 0 Å². The van der Waals surface area contributed by atoms with Crippen LogP contribution in [0.3, 0.4) is 0 Å². The normalized spacial score (nSPS) is 10.2. The van der Waals surface area contributed by atoms with E-state index in [0.717, 1.165) is 10.8 Å².